The standard InChI is InChI=1S/C27H29NO5/c1-18(19-10-11-21-16-23(32-3)13-12-20(21)15-19)26(29)28-14-6-8-24(28)27(30)33-25-9-5-4-7-22(25)17-31-2/h4-5,7,9-13,15-16,18,24H,6,8,14,17H2,1-3H3. The van der Waals surface area contributed by atoms with Crippen molar-refractivity contribution in [3.63, 3.8) is 0 Å². The van der Waals surface area contributed by atoms with E-state index in [1.165, 1.54) is 0 Å². The van der Waals surface area contributed by atoms with Gasteiger partial charge < -0.3 is 19.1 Å². The summed E-state index contributed by atoms with van der Waals surface area (Å²) in [4.78, 5) is 28.1. The average molecular weight is 448 g/mol. The van der Waals surface area contributed by atoms with Crippen molar-refractivity contribution in [2.75, 3.05) is 20.8 Å². The molecule has 0 aliphatic carbocycles. The fraction of sp³-hybridized carbons (Fsp3) is 0.333. The fourth-order valence-electron chi connectivity index (χ4n) is 4.36. The Bertz CT molecular complexity index is 1160. The zero-order valence-electron chi connectivity index (χ0n) is 19.2. The number of esters is 1. The summed E-state index contributed by atoms with van der Waals surface area (Å²) in [5.74, 6) is 0.437. The Morgan fingerprint density at radius 3 is 2.58 bits per heavy atom. The molecule has 6 heteroatoms. The second kappa shape index (κ2) is 10.0. The van der Waals surface area contributed by atoms with Gasteiger partial charge in [0.05, 0.1) is 19.6 Å². The van der Waals surface area contributed by atoms with Crippen molar-refractivity contribution in [3.8, 4) is 11.5 Å². The number of nitrogens with zero attached hydrogens (tertiary/aromatic N) is 1. The van der Waals surface area contributed by atoms with Crippen LogP contribution in [0.15, 0.2) is 60.7 Å². The molecule has 0 bridgehead atoms. The summed E-state index contributed by atoms with van der Waals surface area (Å²) >= 11 is 0. The molecule has 2 atom stereocenters. The maximum Gasteiger partial charge on any atom is 0.334 e. The van der Waals surface area contributed by atoms with Crippen molar-refractivity contribution < 1.29 is 23.8 Å². The second-order valence-electron chi connectivity index (χ2n) is 8.35. The van der Waals surface area contributed by atoms with Crippen LogP contribution in [0.1, 0.15) is 36.8 Å². The predicted octanol–water partition coefficient (Wildman–Crippen LogP) is 4.69. The van der Waals surface area contributed by atoms with Crippen LogP contribution in [0.5, 0.6) is 11.5 Å². The van der Waals surface area contributed by atoms with E-state index in [1.807, 2.05) is 61.5 Å². The first-order valence-electron chi connectivity index (χ1n) is 11.2. The van der Waals surface area contributed by atoms with Gasteiger partial charge in [-0.1, -0.05) is 42.5 Å². The smallest absolute Gasteiger partial charge is 0.334 e. The van der Waals surface area contributed by atoms with Gasteiger partial charge in [0.25, 0.3) is 0 Å². The first kappa shape index (κ1) is 22.8. The number of amides is 1. The molecule has 1 amide bonds. The van der Waals surface area contributed by atoms with Crippen molar-refractivity contribution in [2.45, 2.75) is 38.3 Å². The molecule has 1 aliphatic rings. The molecule has 33 heavy (non-hydrogen) atoms. The lowest BCUT2D eigenvalue weighted by Crippen LogP contribution is -2.44. The number of hydrogen-bond donors (Lipinski definition) is 0. The maximum atomic E-state index is 13.4. The molecular formula is C27H29NO5. The van der Waals surface area contributed by atoms with E-state index in [0.717, 1.165) is 34.1 Å². The molecule has 1 saturated heterocycles. The number of benzene rings is 3. The third kappa shape index (κ3) is 4.86. The number of likely N-dealkylation sites (tertiary alicyclic amines) is 1. The molecule has 0 aromatic heterocycles. The van der Waals surface area contributed by atoms with Crippen LogP contribution in [0.3, 0.4) is 0 Å². The summed E-state index contributed by atoms with van der Waals surface area (Å²) in [6.45, 7) is 2.79. The van der Waals surface area contributed by atoms with Crippen LogP contribution in [0.25, 0.3) is 10.8 Å². The van der Waals surface area contributed by atoms with Crippen LogP contribution in [0.2, 0.25) is 0 Å². The molecule has 0 saturated carbocycles. The van der Waals surface area contributed by atoms with E-state index in [4.69, 9.17) is 14.2 Å². The van der Waals surface area contributed by atoms with Gasteiger partial charge in [-0.25, -0.2) is 4.79 Å². The average Bonchev–Trinajstić information content (AvgIpc) is 3.34. The van der Waals surface area contributed by atoms with E-state index in [0.29, 0.717) is 25.3 Å². The number of carbonyl (C=O) groups excluding carboxylic acids is 2. The van der Waals surface area contributed by atoms with Crippen LogP contribution in [0.4, 0.5) is 0 Å². The largest absolute Gasteiger partial charge is 0.497 e. The highest BCUT2D eigenvalue weighted by Gasteiger charge is 2.37. The van der Waals surface area contributed by atoms with E-state index in [9.17, 15) is 9.59 Å². The summed E-state index contributed by atoms with van der Waals surface area (Å²) in [5.41, 5.74) is 1.72. The van der Waals surface area contributed by atoms with Crippen LogP contribution in [-0.2, 0) is 20.9 Å². The molecule has 0 spiro atoms. The van der Waals surface area contributed by atoms with Crippen LogP contribution in [-0.4, -0.2) is 43.6 Å². The number of carbonyl (C=O) groups is 2. The molecular weight excluding hydrogens is 418 g/mol. The highest BCUT2D eigenvalue weighted by molar-refractivity contribution is 5.91. The molecule has 3 aromatic carbocycles. The van der Waals surface area contributed by atoms with Gasteiger partial charge >= 0.3 is 5.97 Å². The molecule has 2 unspecified atom stereocenters. The minimum absolute atomic E-state index is 0.0625. The molecule has 172 valence electrons. The number of fused-ring (bicyclic) bond motifs is 1. The van der Waals surface area contributed by atoms with Crippen LogP contribution >= 0.6 is 0 Å². The number of ether oxygens (including phenoxy) is 3. The summed E-state index contributed by atoms with van der Waals surface area (Å²) in [7, 11) is 3.24. The minimum Gasteiger partial charge on any atom is -0.497 e. The highest BCUT2D eigenvalue weighted by atomic mass is 16.5. The van der Waals surface area contributed by atoms with Crippen molar-refractivity contribution in [2.24, 2.45) is 0 Å². The van der Waals surface area contributed by atoms with Gasteiger partial charge in [0.1, 0.15) is 17.5 Å². The normalized spacial score (nSPS) is 16.6. The van der Waals surface area contributed by atoms with Gasteiger partial charge in [-0.2, -0.15) is 0 Å². The fourth-order valence-corrected chi connectivity index (χ4v) is 4.36. The summed E-state index contributed by atoms with van der Waals surface area (Å²) in [6.07, 6.45) is 1.37. The highest BCUT2D eigenvalue weighted by Crippen LogP contribution is 2.29. The lowest BCUT2D eigenvalue weighted by atomic mass is 9.96. The zero-order valence-corrected chi connectivity index (χ0v) is 19.2. The van der Waals surface area contributed by atoms with Crippen molar-refractivity contribution in [1.29, 1.82) is 0 Å². The van der Waals surface area contributed by atoms with Crippen molar-refractivity contribution >= 4 is 22.6 Å². The summed E-state index contributed by atoms with van der Waals surface area (Å²) in [6, 6.07) is 18.6. The first-order chi connectivity index (χ1) is 16.0. The number of rotatable bonds is 7. The Morgan fingerprint density at radius 2 is 1.79 bits per heavy atom. The molecule has 0 N–H and O–H groups in total. The maximum absolute atomic E-state index is 13.4. The SMILES string of the molecule is COCc1ccccc1OC(=O)C1CCCN1C(=O)C(C)c1ccc2cc(OC)ccc2c1. The molecule has 1 aliphatic heterocycles. The summed E-state index contributed by atoms with van der Waals surface area (Å²) in [5, 5.41) is 2.09. The van der Waals surface area contributed by atoms with Crippen LogP contribution in [0, 0.1) is 0 Å². The van der Waals surface area contributed by atoms with Crippen molar-refractivity contribution in [3.05, 3.63) is 71.8 Å². The molecule has 6 nitrogen and oxygen atoms in total. The first-order valence-corrected chi connectivity index (χ1v) is 11.2. The topological polar surface area (TPSA) is 65.1 Å². The van der Waals surface area contributed by atoms with Crippen LogP contribution < -0.4 is 9.47 Å². The van der Waals surface area contributed by atoms with E-state index >= 15 is 0 Å². The van der Waals surface area contributed by atoms with Gasteiger partial charge in [-0.3, -0.25) is 4.79 Å². The molecule has 1 fully saturated rings. The predicted molar refractivity (Wildman–Crippen MR) is 126 cm³/mol. The Kier molecular flexibility index (Phi) is 6.94. The Hall–Kier alpha value is -3.38. The Morgan fingerprint density at radius 1 is 1.03 bits per heavy atom. The van der Waals surface area contributed by atoms with Gasteiger partial charge in [0.15, 0.2) is 0 Å². The van der Waals surface area contributed by atoms with E-state index in [2.05, 4.69) is 0 Å². The Balaban J connectivity index is 1.50. The van der Waals surface area contributed by atoms with Gasteiger partial charge in [-0.05, 0) is 54.3 Å². The molecule has 1 heterocycles. The van der Waals surface area contributed by atoms with E-state index < -0.39 is 12.0 Å². The number of para-hydroxylation sites is 1. The van der Waals surface area contributed by atoms with E-state index in [1.54, 1.807) is 25.2 Å². The Labute approximate surface area is 194 Å². The molecule has 3 aromatic rings. The third-order valence-electron chi connectivity index (χ3n) is 6.23. The minimum atomic E-state index is -0.583. The van der Waals surface area contributed by atoms with E-state index in [-0.39, 0.29) is 11.8 Å². The lowest BCUT2D eigenvalue weighted by molar-refractivity contribution is -0.146. The van der Waals surface area contributed by atoms with Crippen molar-refractivity contribution in [1.82, 2.24) is 4.90 Å². The molecule has 0 radical (unpaired) electrons. The number of methoxy groups -OCH3 is 2. The van der Waals surface area contributed by atoms with Gasteiger partial charge in [0.2, 0.25) is 5.91 Å². The lowest BCUT2D eigenvalue weighted by Gasteiger charge is -2.26. The zero-order chi connectivity index (χ0) is 23.4. The monoisotopic (exact) mass is 447 g/mol. The summed E-state index contributed by atoms with van der Waals surface area (Å²) < 4.78 is 16.2. The quantitative estimate of drug-likeness (QED) is 0.388. The third-order valence-corrected chi connectivity index (χ3v) is 6.23. The second-order valence-corrected chi connectivity index (χ2v) is 8.35. The molecule has 4 rings (SSSR count). The van der Waals surface area contributed by atoms with Gasteiger partial charge in [-0.15, -0.1) is 0 Å². The number of hydrogen-bond acceptors (Lipinski definition) is 5. The van der Waals surface area contributed by atoms with Gasteiger partial charge in [0, 0.05) is 19.2 Å².